The second-order valence-electron chi connectivity index (χ2n) is 5.28. The highest BCUT2D eigenvalue weighted by Crippen LogP contribution is 2.14. The predicted molar refractivity (Wildman–Crippen MR) is 80.2 cm³/mol. The van der Waals surface area contributed by atoms with Gasteiger partial charge in [0, 0.05) is 13.1 Å². The molecule has 0 bridgehead atoms. The van der Waals surface area contributed by atoms with E-state index in [-0.39, 0.29) is 35.4 Å². The molecule has 0 saturated carbocycles. The number of carbonyl (C=O) groups excluding carboxylic acids is 2. The molecule has 7 nitrogen and oxygen atoms in total. The number of amides is 2. The minimum Gasteiger partial charge on any atom is -0.444 e. The molecule has 116 valence electrons. The van der Waals surface area contributed by atoms with Gasteiger partial charge in [-0.1, -0.05) is 11.6 Å². The molecule has 2 amide bonds. The molecule has 0 aliphatic carbocycles. The van der Waals surface area contributed by atoms with Crippen LogP contribution in [0.4, 0.5) is 10.5 Å². The van der Waals surface area contributed by atoms with Crippen LogP contribution in [0.5, 0.6) is 0 Å². The Morgan fingerprint density at radius 1 is 1.33 bits per heavy atom. The van der Waals surface area contributed by atoms with E-state index < -0.39 is 11.7 Å². The largest absolute Gasteiger partial charge is 0.444 e. The molecule has 0 aliphatic rings. The van der Waals surface area contributed by atoms with Crippen LogP contribution >= 0.6 is 11.6 Å². The number of hydrogen-bond donors (Lipinski definition) is 3. The second kappa shape index (κ2) is 7.12. The van der Waals surface area contributed by atoms with E-state index in [4.69, 9.17) is 22.1 Å². The lowest BCUT2D eigenvalue weighted by atomic mass is 10.2. The van der Waals surface area contributed by atoms with Gasteiger partial charge in [-0.25, -0.2) is 9.78 Å². The summed E-state index contributed by atoms with van der Waals surface area (Å²) < 4.78 is 5.06. The number of nitrogens with one attached hydrogen (secondary N) is 2. The molecular weight excluding hydrogens is 296 g/mol. The Bertz CT molecular complexity index is 529. The molecule has 0 radical (unpaired) electrons. The molecule has 0 aliphatic heterocycles. The first-order chi connectivity index (χ1) is 9.69. The monoisotopic (exact) mass is 314 g/mol. The molecule has 21 heavy (non-hydrogen) atoms. The highest BCUT2D eigenvalue weighted by molar-refractivity contribution is 6.29. The lowest BCUT2D eigenvalue weighted by Crippen LogP contribution is -2.38. The van der Waals surface area contributed by atoms with Crippen molar-refractivity contribution in [3.8, 4) is 0 Å². The van der Waals surface area contributed by atoms with Crippen molar-refractivity contribution >= 4 is 29.3 Å². The molecule has 1 aromatic heterocycles. The number of rotatable bonds is 4. The van der Waals surface area contributed by atoms with E-state index in [1.165, 1.54) is 12.3 Å². The Kier molecular flexibility index (Phi) is 5.78. The molecule has 0 fully saturated rings. The smallest absolute Gasteiger partial charge is 0.407 e. The number of carbonyl (C=O) groups is 2. The number of aromatic nitrogens is 1. The molecule has 4 N–H and O–H groups in total. The first-order valence-electron chi connectivity index (χ1n) is 6.35. The maximum Gasteiger partial charge on any atom is 0.407 e. The number of anilines is 1. The predicted octanol–water partition coefficient (Wildman–Crippen LogP) is 1.57. The molecule has 0 unspecified atom stereocenters. The van der Waals surface area contributed by atoms with E-state index >= 15 is 0 Å². The minimum atomic E-state index is -0.560. The number of nitrogens with zero attached hydrogens (tertiary/aromatic N) is 1. The van der Waals surface area contributed by atoms with Gasteiger partial charge in [-0.15, -0.1) is 0 Å². The standard InChI is InChI=1S/C13H19ClN4O3/c1-13(2,3)21-12(20)17-5-4-16-11(19)8-6-10(14)18-7-9(8)15/h6-7H,4-5,15H2,1-3H3,(H,16,19)(H,17,20). The van der Waals surface area contributed by atoms with Gasteiger partial charge in [0.15, 0.2) is 0 Å². The molecule has 0 aromatic carbocycles. The van der Waals surface area contributed by atoms with Gasteiger partial charge in [-0.3, -0.25) is 4.79 Å². The minimum absolute atomic E-state index is 0.182. The van der Waals surface area contributed by atoms with Crippen LogP contribution in [0.3, 0.4) is 0 Å². The van der Waals surface area contributed by atoms with Crippen molar-refractivity contribution < 1.29 is 14.3 Å². The lowest BCUT2D eigenvalue weighted by Gasteiger charge is -2.19. The molecule has 0 spiro atoms. The average Bonchev–Trinajstić information content (AvgIpc) is 2.35. The summed E-state index contributed by atoms with van der Waals surface area (Å²) in [6.07, 6.45) is 0.777. The number of pyridine rings is 1. The van der Waals surface area contributed by atoms with Crippen molar-refractivity contribution in [3.63, 3.8) is 0 Å². The number of halogens is 1. The molecule has 1 aromatic rings. The summed E-state index contributed by atoms with van der Waals surface area (Å²) in [6.45, 7) is 5.77. The van der Waals surface area contributed by atoms with Crippen molar-refractivity contribution in [1.29, 1.82) is 0 Å². The third-order valence-corrected chi connectivity index (χ3v) is 2.43. The second-order valence-corrected chi connectivity index (χ2v) is 5.67. The topological polar surface area (TPSA) is 106 Å². The van der Waals surface area contributed by atoms with Gasteiger partial charge in [0.1, 0.15) is 10.8 Å². The Hall–Kier alpha value is -2.02. The van der Waals surface area contributed by atoms with Gasteiger partial charge < -0.3 is 21.1 Å². The summed E-state index contributed by atoms with van der Waals surface area (Å²) >= 11 is 5.71. The number of ether oxygens (including phenoxy) is 1. The fraction of sp³-hybridized carbons (Fsp3) is 0.462. The van der Waals surface area contributed by atoms with E-state index in [9.17, 15) is 9.59 Å². The Morgan fingerprint density at radius 2 is 1.95 bits per heavy atom. The fourth-order valence-electron chi connectivity index (χ4n) is 1.39. The Labute approximate surface area is 128 Å². The van der Waals surface area contributed by atoms with Crippen LogP contribution < -0.4 is 16.4 Å². The Morgan fingerprint density at radius 3 is 2.57 bits per heavy atom. The molecule has 0 atom stereocenters. The lowest BCUT2D eigenvalue weighted by molar-refractivity contribution is 0.0526. The fourth-order valence-corrected chi connectivity index (χ4v) is 1.54. The summed E-state index contributed by atoms with van der Waals surface area (Å²) in [7, 11) is 0. The average molecular weight is 315 g/mol. The third-order valence-electron chi connectivity index (χ3n) is 2.22. The summed E-state index contributed by atoms with van der Waals surface area (Å²) in [5.74, 6) is -0.386. The summed E-state index contributed by atoms with van der Waals surface area (Å²) in [6, 6.07) is 1.38. The van der Waals surface area contributed by atoms with Crippen LogP contribution in [0.25, 0.3) is 0 Å². The first-order valence-corrected chi connectivity index (χ1v) is 6.73. The van der Waals surface area contributed by atoms with Crippen LogP contribution in [0, 0.1) is 0 Å². The summed E-state index contributed by atoms with van der Waals surface area (Å²) in [5, 5.41) is 5.32. The van der Waals surface area contributed by atoms with Crippen LogP contribution in [-0.2, 0) is 4.74 Å². The van der Waals surface area contributed by atoms with Crippen molar-refractivity contribution in [2.45, 2.75) is 26.4 Å². The van der Waals surface area contributed by atoms with Gasteiger partial charge in [-0.05, 0) is 26.8 Å². The first kappa shape index (κ1) is 17.0. The van der Waals surface area contributed by atoms with Crippen LogP contribution in [0.2, 0.25) is 5.15 Å². The maximum absolute atomic E-state index is 11.9. The molecule has 0 saturated heterocycles. The third kappa shape index (κ3) is 6.31. The Balaban J connectivity index is 2.38. The van der Waals surface area contributed by atoms with Crippen LogP contribution in [0.15, 0.2) is 12.3 Å². The number of nitrogens with two attached hydrogens (primary N) is 1. The van der Waals surface area contributed by atoms with Gasteiger partial charge in [0.2, 0.25) is 0 Å². The molecular formula is C13H19ClN4O3. The summed E-state index contributed by atoms with van der Waals surface area (Å²) in [4.78, 5) is 27.0. The van der Waals surface area contributed by atoms with Crippen molar-refractivity contribution in [1.82, 2.24) is 15.6 Å². The van der Waals surface area contributed by atoms with Crippen molar-refractivity contribution in [3.05, 3.63) is 23.0 Å². The van der Waals surface area contributed by atoms with E-state index in [2.05, 4.69) is 15.6 Å². The van der Waals surface area contributed by atoms with E-state index in [1.54, 1.807) is 20.8 Å². The van der Waals surface area contributed by atoms with Crippen molar-refractivity contribution in [2.24, 2.45) is 0 Å². The molecule has 1 rings (SSSR count). The van der Waals surface area contributed by atoms with Crippen LogP contribution in [-0.4, -0.2) is 35.7 Å². The van der Waals surface area contributed by atoms with Crippen LogP contribution in [0.1, 0.15) is 31.1 Å². The quantitative estimate of drug-likeness (QED) is 0.578. The SMILES string of the molecule is CC(C)(C)OC(=O)NCCNC(=O)c1cc(Cl)ncc1N. The van der Waals surface area contributed by atoms with Crippen molar-refractivity contribution in [2.75, 3.05) is 18.8 Å². The van der Waals surface area contributed by atoms with Gasteiger partial charge >= 0.3 is 6.09 Å². The van der Waals surface area contributed by atoms with E-state index in [0.29, 0.717) is 0 Å². The van der Waals surface area contributed by atoms with E-state index in [1.807, 2.05) is 0 Å². The summed E-state index contributed by atoms with van der Waals surface area (Å²) in [5.41, 5.74) is 5.56. The highest BCUT2D eigenvalue weighted by Gasteiger charge is 2.15. The number of alkyl carbamates (subject to hydrolysis) is 1. The maximum atomic E-state index is 11.9. The van der Waals surface area contributed by atoms with Gasteiger partial charge in [0.25, 0.3) is 5.91 Å². The zero-order valence-electron chi connectivity index (χ0n) is 12.2. The number of hydrogen-bond acceptors (Lipinski definition) is 5. The van der Waals surface area contributed by atoms with E-state index in [0.717, 1.165) is 0 Å². The normalized spacial score (nSPS) is 10.9. The van der Waals surface area contributed by atoms with Gasteiger partial charge in [0.05, 0.1) is 17.4 Å². The zero-order chi connectivity index (χ0) is 16.0. The molecule has 8 heteroatoms. The zero-order valence-corrected chi connectivity index (χ0v) is 13.0. The number of nitrogen functional groups attached to an aromatic ring is 1. The molecule has 1 heterocycles. The highest BCUT2D eigenvalue weighted by atomic mass is 35.5. The van der Waals surface area contributed by atoms with Gasteiger partial charge in [-0.2, -0.15) is 0 Å².